The van der Waals surface area contributed by atoms with Crippen LogP contribution in [0.4, 0.5) is 14.7 Å². The molecular formula is C26H19ClF2N6O3. The number of carbonyl (C=O) groups is 1. The molecule has 3 heterocycles. The van der Waals surface area contributed by atoms with Crippen molar-refractivity contribution in [1.82, 2.24) is 24.1 Å². The molecule has 9 nitrogen and oxygen atoms in total. The molecule has 0 spiro atoms. The molecule has 0 saturated carbocycles. The van der Waals surface area contributed by atoms with Gasteiger partial charge in [-0.2, -0.15) is 18.7 Å². The Morgan fingerprint density at radius 1 is 1.00 bits per heavy atom. The number of halogens is 3. The first-order valence-electron chi connectivity index (χ1n) is 11.4. The van der Waals surface area contributed by atoms with E-state index in [-0.39, 0.29) is 29.6 Å². The molecule has 12 heteroatoms. The lowest BCUT2D eigenvalue weighted by atomic mass is 10.2. The first-order valence-corrected chi connectivity index (χ1v) is 11.8. The number of fused-ring (bicyclic) bond motifs is 1. The second kappa shape index (κ2) is 10.4. The molecule has 2 aromatic carbocycles. The molecule has 0 atom stereocenters. The van der Waals surface area contributed by atoms with Crippen molar-refractivity contribution in [3.63, 3.8) is 0 Å². The van der Waals surface area contributed by atoms with E-state index in [9.17, 15) is 18.4 Å². The number of amides is 1. The van der Waals surface area contributed by atoms with Gasteiger partial charge in [-0.3, -0.25) is 19.5 Å². The van der Waals surface area contributed by atoms with Crippen molar-refractivity contribution in [3.05, 3.63) is 105 Å². The molecule has 0 fully saturated rings. The molecule has 0 unspecified atom stereocenters. The van der Waals surface area contributed by atoms with Crippen LogP contribution in [0.2, 0.25) is 5.02 Å². The minimum absolute atomic E-state index is 0.0202. The molecule has 1 amide bonds. The summed E-state index contributed by atoms with van der Waals surface area (Å²) in [6.45, 7) is 2.67. The summed E-state index contributed by atoms with van der Waals surface area (Å²) in [4.78, 5) is 37.5. The van der Waals surface area contributed by atoms with Crippen LogP contribution in [0.15, 0.2) is 71.8 Å². The Kier molecular flexibility index (Phi) is 6.84. The Labute approximate surface area is 219 Å². The van der Waals surface area contributed by atoms with Crippen LogP contribution >= 0.6 is 11.6 Å². The van der Waals surface area contributed by atoms with E-state index in [1.54, 1.807) is 27.6 Å². The van der Waals surface area contributed by atoms with Gasteiger partial charge in [0.2, 0.25) is 17.8 Å². The SMILES string of the molecule is CCn1cnc2c1c(=O)nc(NC(=O)c1ccc(Oc3cc(F)nc(F)c3)cc1)n2Cc1ccc(Cl)cc1. The predicted octanol–water partition coefficient (Wildman–Crippen LogP) is 5.03. The molecule has 1 N–H and O–H groups in total. The van der Waals surface area contributed by atoms with Crippen LogP contribution in [0.5, 0.6) is 11.5 Å². The van der Waals surface area contributed by atoms with Crippen molar-refractivity contribution in [2.45, 2.75) is 20.0 Å². The van der Waals surface area contributed by atoms with Crippen molar-refractivity contribution in [2.24, 2.45) is 0 Å². The fourth-order valence-corrected chi connectivity index (χ4v) is 3.97. The van der Waals surface area contributed by atoms with E-state index in [0.717, 1.165) is 17.7 Å². The van der Waals surface area contributed by atoms with Crippen LogP contribution in [0.3, 0.4) is 0 Å². The minimum Gasteiger partial charge on any atom is -0.457 e. The highest BCUT2D eigenvalue weighted by atomic mass is 35.5. The maximum Gasteiger partial charge on any atom is 0.300 e. The van der Waals surface area contributed by atoms with E-state index < -0.39 is 23.4 Å². The fourth-order valence-electron chi connectivity index (χ4n) is 3.84. The van der Waals surface area contributed by atoms with Gasteiger partial charge in [0.1, 0.15) is 11.5 Å². The third-order valence-corrected chi connectivity index (χ3v) is 5.90. The number of nitrogens with one attached hydrogen (secondary N) is 1. The third-order valence-electron chi connectivity index (χ3n) is 5.65. The van der Waals surface area contributed by atoms with Gasteiger partial charge in [0.15, 0.2) is 11.2 Å². The maximum atomic E-state index is 13.3. The van der Waals surface area contributed by atoms with E-state index in [2.05, 4.69) is 20.3 Å². The van der Waals surface area contributed by atoms with Crippen molar-refractivity contribution in [3.8, 4) is 11.5 Å². The molecule has 0 aliphatic carbocycles. The van der Waals surface area contributed by atoms with Crippen molar-refractivity contribution in [2.75, 3.05) is 5.32 Å². The van der Waals surface area contributed by atoms with E-state index in [4.69, 9.17) is 16.3 Å². The van der Waals surface area contributed by atoms with Gasteiger partial charge < -0.3 is 9.30 Å². The van der Waals surface area contributed by atoms with Crippen LogP contribution in [-0.4, -0.2) is 30.0 Å². The summed E-state index contributed by atoms with van der Waals surface area (Å²) in [5.41, 5.74) is 1.26. The average Bonchev–Trinajstić information content (AvgIpc) is 3.32. The van der Waals surface area contributed by atoms with Gasteiger partial charge in [-0.25, -0.2) is 4.98 Å². The van der Waals surface area contributed by atoms with Gasteiger partial charge in [0.25, 0.3) is 5.91 Å². The standard InChI is InChI=1S/C26H19ClF2N6O3/c1-2-34-14-30-23-22(34)25(37)33-26(35(23)13-15-3-7-17(27)8-4-15)32-24(36)16-5-9-18(10-6-16)38-19-11-20(28)31-21(29)12-19/h3-12,14H,2,13H2,1H3,(H,32,33,36,37). The van der Waals surface area contributed by atoms with Crippen molar-refractivity contribution >= 4 is 34.6 Å². The first kappa shape index (κ1) is 25.0. The van der Waals surface area contributed by atoms with E-state index in [1.807, 2.05) is 19.1 Å². The zero-order valence-electron chi connectivity index (χ0n) is 19.9. The monoisotopic (exact) mass is 536 g/mol. The number of hydrogen-bond donors (Lipinski definition) is 1. The van der Waals surface area contributed by atoms with Gasteiger partial charge in [-0.1, -0.05) is 23.7 Å². The number of carbonyl (C=O) groups excluding carboxylic acids is 1. The number of pyridine rings is 1. The van der Waals surface area contributed by atoms with E-state index in [1.165, 1.54) is 24.3 Å². The van der Waals surface area contributed by atoms with E-state index >= 15 is 0 Å². The normalized spacial score (nSPS) is 11.1. The Morgan fingerprint density at radius 2 is 1.68 bits per heavy atom. The zero-order chi connectivity index (χ0) is 26.8. The molecule has 0 bridgehead atoms. The predicted molar refractivity (Wildman–Crippen MR) is 137 cm³/mol. The Bertz CT molecular complexity index is 1680. The van der Waals surface area contributed by atoms with Crippen molar-refractivity contribution < 1.29 is 18.3 Å². The van der Waals surface area contributed by atoms with Crippen LogP contribution in [0.1, 0.15) is 22.8 Å². The number of aryl methyl sites for hydroxylation is 1. The number of nitrogens with zero attached hydrogens (tertiary/aromatic N) is 5. The second-order valence-corrected chi connectivity index (χ2v) is 8.62. The van der Waals surface area contributed by atoms with Gasteiger partial charge in [0.05, 0.1) is 12.9 Å². The summed E-state index contributed by atoms with van der Waals surface area (Å²) in [7, 11) is 0. The van der Waals surface area contributed by atoms with Crippen LogP contribution < -0.4 is 15.6 Å². The number of benzene rings is 2. The smallest absolute Gasteiger partial charge is 0.300 e. The van der Waals surface area contributed by atoms with Gasteiger partial charge >= 0.3 is 5.56 Å². The summed E-state index contributed by atoms with van der Waals surface area (Å²) in [6, 6.07) is 14.9. The number of aromatic nitrogens is 5. The molecule has 0 aliphatic rings. The minimum atomic E-state index is -1.02. The van der Waals surface area contributed by atoms with Gasteiger partial charge in [0, 0.05) is 29.3 Å². The number of anilines is 1. The third kappa shape index (κ3) is 5.23. The second-order valence-electron chi connectivity index (χ2n) is 8.18. The highest BCUT2D eigenvalue weighted by molar-refractivity contribution is 6.30. The van der Waals surface area contributed by atoms with E-state index in [0.29, 0.717) is 22.7 Å². The Balaban J connectivity index is 1.44. The first-order chi connectivity index (χ1) is 18.3. The lowest BCUT2D eigenvalue weighted by molar-refractivity contribution is 0.102. The quantitative estimate of drug-likeness (QED) is 0.293. The molecule has 5 aromatic rings. The molecule has 38 heavy (non-hydrogen) atoms. The number of rotatable bonds is 7. The molecule has 0 aliphatic heterocycles. The maximum absolute atomic E-state index is 13.3. The van der Waals surface area contributed by atoms with Gasteiger partial charge in [-0.15, -0.1) is 0 Å². The molecule has 0 radical (unpaired) electrons. The topological polar surface area (TPSA) is 104 Å². The summed E-state index contributed by atoms with van der Waals surface area (Å²) >= 11 is 6.01. The van der Waals surface area contributed by atoms with Crippen LogP contribution in [0.25, 0.3) is 11.2 Å². The number of imidazole rings is 1. The lowest BCUT2D eigenvalue weighted by Gasteiger charge is -2.15. The number of hydrogen-bond acceptors (Lipinski definition) is 6. The molecule has 192 valence electrons. The summed E-state index contributed by atoms with van der Waals surface area (Å²) in [5, 5.41) is 3.27. The molecule has 5 rings (SSSR count). The van der Waals surface area contributed by atoms with Gasteiger partial charge in [-0.05, 0) is 48.9 Å². The molecule has 3 aromatic heterocycles. The summed E-state index contributed by atoms with van der Waals surface area (Å²) in [5.74, 6) is -2.39. The Morgan fingerprint density at radius 3 is 2.34 bits per heavy atom. The molecular weight excluding hydrogens is 518 g/mol. The summed E-state index contributed by atoms with van der Waals surface area (Å²) in [6.07, 6.45) is 1.55. The molecule has 0 saturated heterocycles. The summed E-state index contributed by atoms with van der Waals surface area (Å²) < 4.78 is 35.4. The number of ether oxygens (including phenoxy) is 1. The van der Waals surface area contributed by atoms with Crippen molar-refractivity contribution in [1.29, 1.82) is 0 Å². The van der Waals surface area contributed by atoms with Crippen LogP contribution in [-0.2, 0) is 13.1 Å². The average molecular weight is 537 g/mol. The Hall–Kier alpha value is -4.64. The fraction of sp³-hybridized carbons (Fsp3) is 0.115. The zero-order valence-corrected chi connectivity index (χ0v) is 20.6. The highest BCUT2D eigenvalue weighted by Crippen LogP contribution is 2.23. The lowest BCUT2D eigenvalue weighted by Crippen LogP contribution is -2.24. The highest BCUT2D eigenvalue weighted by Gasteiger charge is 2.18. The largest absolute Gasteiger partial charge is 0.457 e. The van der Waals surface area contributed by atoms with Crippen LogP contribution in [0, 0.1) is 11.9 Å².